The van der Waals surface area contributed by atoms with Gasteiger partial charge in [0.1, 0.15) is 11.9 Å². The molecule has 0 aliphatic carbocycles. The van der Waals surface area contributed by atoms with Gasteiger partial charge in [-0.05, 0) is 12.1 Å². The first-order valence-corrected chi connectivity index (χ1v) is 10.5. The Morgan fingerprint density at radius 3 is 2.89 bits per heavy atom. The Morgan fingerprint density at radius 2 is 2.21 bits per heavy atom. The summed E-state index contributed by atoms with van der Waals surface area (Å²) in [6.45, 7) is 7.92. The predicted octanol–water partition coefficient (Wildman–Crippen LogP) is 2.94. The number of amides is 1. The van der Waals surface area contributed by atoms with E-state index in [1.54, 1.807) is 17.2 Å². The van der Waals surface area contributed by atoms with Crippen molar-refractivity contribution in [1.82, 2.24) is 4.98 Å². The molecule has 0 atom stereocenters. The molecule has 2 rings (SSSR count). The minimum Gasteiger partial charge on any atom is -0.361 e. The van der Waals surface area contributed by atoms with E-state index >= 15 is 0 Å². The molecular weight excluding hydrogens is 280 g/mol. The largest absolute Gasteiger partial charge is 0.361 e. The van der Waals surface area contributed by atoms with Crippen molar-refractivity contribution in [3.05, 3.63) is 23.0 Å². The standard InChI is InChI=1S/C13H19ClN2O2Si/c1-19(2,3)5-4-18-9-16-11-7-12(14)15-8-10(11)6-13(16)17/h7-8H,4-6,9H2,1-3H3. The van der Waals surface area contributed by atoms with E-state index < -0.39 is 8.07 Å². The molecule has 6 heteroatoms. The third-order valence-electron chi connectivity index (χ3n) is 3.08. The summed E-state index contributed by atoms with van der Waals surface area (Å²) in [4.78, 5) is 17.6. The molecule has 19 heavy (non-hydrogen) atoms. The molecule has 1 amide bonds. The van der Waals surface area contributed by atoms with E-state index in [0.29, 0.717) is 24.9 Å². The molecule has 104 valence electrons. The molecule has 0 aromatic carbocycles. The molecule has 1 aromatic rings. The minimum atomic E-state index is -1.09. The van der Waals surface area contributed by atoms with Crippen LogP contribution in [0.5, 0.6) is 0 Å². The van der Waals surface area contributed by atoms with Crippen molar-refractivity contribution in [3.8, 4) is 0 Å². The first-order valence-electron chi connectivity index (χ1n) is 6.39. The van der Waals surface area contributed by atoms with Crippen LogP contribution in [0.15, 0.2) is 12.3 Å². The van der Waals surface area contributed by atoms with Crippen molar-refractivity contribution in [1.29, 1.82) is 0 Å². The zero-order valence-corrected chi connectivity index (χ0v) is 13.3. The van der Waals surface area contributed by atoms with Gasteiger partial charge in [-0.1, -0.05) is 31.2 Å². The second kappa shape index (κ2) is 5.61. The summed E-state index contributed by atoms with van der Waals surface area (Å²) in [6.07, 6.45) is 2.05. The quantitative estimate of drug-likeness (QED) is 0.477. The zero-order chi connectivity index (χ0) is 14.0. The van der Waals surface area contributed by atoms with Gasteiger partial charge in [0.2, 0.25) is 5.91 Å². The third-order valence-corrected chi connectivity index (χ3v) is 4.99. The predicted molar refractivity (Wildman–Crippen MR) is 79.4 cm³/mol. The molecule has 0 saturated carbocycles. The molecular formula is C13H19ClN2O2Si. The lowest BCUT2D eigenvalue weighted by Crippen LogP contribution is -2.30. The first kappa shape index (κ1) is 14.5. The highest BCUT2D eigenvalue weighted by Gasteiger charge is 2.28. The highest BCUT2D eigenvalue weighted by molar-refractivity contribution is 6.76. The lowest BCUT2D eigenvalue weighted by atomic mass is 10.2. The number of rotatable bonds is 5. The molecule has 0 saturated heterocycles. The summed E-state index contributed by atoms with van der Waals surface area (Å²) < 4.78 is 5.64. The van der Waals surface area contributed by atoms with Gasteiger partial charge in [0.05, 0.1) is 12.1 Å². The molecule has 0 bridgehead atoms. The molecule has 0 N–H and O–H groups in total. The Morgan fingerprint density at radius 1 is 1.47 bits per heavy atom. The fourth-order valence-electron chi connectivity index (χ4n) is 1.90. The van der Waals surface area contributed by atoms with Crippen LogP contribution in [-0.4, -0.2) is 32.3 Å². The van der Waals surface area contributed by atoms with Gasteiger partial charge >= 0.3 is 0 Å². The number of anilines is 1. The van der Waals surface area contributed by atoms with Gasteiger partial charge in [-0.2, -0.15) is 0 Å². The van der Waals surface area contributed by atoms with E-state index in [4.69, 9.17) is 16.3 Å². The van der Waals surface area contributed by atoms with E-state index in [1.165, 1.54) is 0 Å². The normalized spacial score (nSPS) is 14.9. The summed E-state index contributed by atoms with van der Waals surface area (Å²) in [5.41, 5.74) is 1.75. The molecule has 1 aromatic heterocycles. The fraction of sp³-hybridized carbons (Fsp3) is 0.538. The van der Waals surface area contributed by atoms with Crippen molar-refractivity contribution < 1.29 is 9.53 Å². The maximum Gasteiger partial charge on any atom is 0.233 e. The number of ether oxygens (including phenoxy) is 1. The average molecular weight is 299 g/mol. The van der Waals surface area contributed by atoms with Gasteiger partial charge in [0.15, 0.2) is 0 Å². The van der Waals surface area contributed by atoms with E-state index in [-0.39, 0.29) is 5.91 Å². The monoisotopic (exact) mass is 298 g/mol. The summed E-state index contributed by atoms with van der Waals surface area (Å²) in [7, 11) is -1.09. The topological polar surface area (TPSA) is 42.4 Å². The van der Waals surface area contributed by atoms with E-state index in [0.717, 1.165) is 17.3 Å². The van der Waals surface area contributed by atoms with Crippen molar-refractivity contribution >= 4 is 31.3 Å². The van der Waals surface area contributed by atoms with Gasteiger partial charge in [-0.25, -0.2) is 4.98 Å². The Labute approximate surface area is 119 Å². The van der Waals surface area contributed by atoms with Crippen LogP contribution in [0.3, 0.4) is 0 Å². The van der Waals surface area contributed by atoms with E-state index in [1.807, 2.05) is 0 Å². The van der Waals surface area contributed by atoms with Gasteiger partial charge < -0.3 is 4.74 Å². The lowest BCUT2D eigenvalue weighted by Gasteiger charge is -2.20. The highest BCUT2D eigenvalue weighted by atomic mass is 35.5. The molecule has 0 spiro atoms. The van der Waals surface area contributed by atoms with Crippen LogP contribution in [0.1, 0.15) is 5.56 Å². The van der Waals surface area contributed by atoms with Crippen LogP contribution in [0.2, 0.25) is 30.8 Å². The zero-order valence-electron chi connectivity index (χ0n) is 11.6. The Kier molecular flexibility index (Phi) is 4.28. The summed E-state index contributed by atoms with van der Waals surface area (Å²) in [6, 6.07) is 2.82. The van der Waals surface area contributed by atoms with Crippen LogP contribution in [0.4, 0.5) is 5.69 Å². The molecule has 0 unspecified atom stereocenters. The minimum absolute atomic E-state index is 0.0482. The molecule has 1 aliphatic rings. The highest BCUT2D eigenvalue weighted by Crippen LogP contribution is 2.29. The first-order chi connectivity index (χ1) is 8.87. The smallest absolute Gasteiger partial charge is 0.233 e. The third kappa shape index (κ3) is 3.78. The molecule has 4 nitrogen and oxygen atoms in total. The molecule has 0 radical (unpaired) electrons. The Balaban J connectivity index is 1.95. The van der Waals surface area contributed by atoms with Gasteiger partial charge in [0.25, 0.3) is 0 Å². The van der Waals surface area contributed by atoms with Crippen LogP contribution in [0.25, 0.3) is 0 Å². The van der Waals surface area contributed by atoms with Gasteiger partial charge in [0, 0.05) is 26.4 Å². The molecule has 0 fully saturated rings. The van der Waals surface area contributed by atoms with E-state index in [2.05, 4.69) is 24.6 Å². The number of hydrogen-bond acceptors (Lipinski definition) is 3. The molecule has 2 heterocycles. The maximum absolute atomic E-state index is 11.9. The number of nitrogens with zero attached hydrogens (tertiary/aromatic N) is 2. The summed E-state index contributed by atoms with van der Waals surface area (Å²) in [5, 5.41) is 0.403. The Bertz CT molecular complexity index is 488. The van der Waals surface area contributed by atoms with Crippen LogP contribution < -0.4 is 4.90 Å². The number of carbonyl (C=O) groups is 1. The van der Waals surface area contributed by atoms with Crippen molar-refractivity contribution in [2.24, 2.45) is 0 Å². The summed E-state index contributed by atoms with van der Waals surface area (Å²) in [5.74, 6) is 0.0482. The number of pyridine rings is 1. The van der Waals surface area contributed by atoms with Gasteiger partial charge in [-0.15, -0.1) is 0 Å². The number of fused-ring (bicyclic) bond motifs is 1. The number of halogens is 1. The molecule has 1 aliphatic heterocycles. The van der Waals surface area contributed by atoms with Crippen molar-refractivity contribution in [2.75, 3.05) is 18.2 Å². The Hall–Kier alpha value is -0.913. The number of carbonyl (C=O) groups excluding carboxylic acids is 1. The van der Waals surface area contributed by atoms with Crippen molar-refractivity contribution in [2.45, 2.75) is 32.1 Å². The number of aromatic nitrogens is 1. The van der Waals surface area contributed by atoms with Crippen LogP contribution in [-0.2, 0) is 16.0 Å². The number of hydrogen-bond donors (Lipinski definition) is 0. The van der Waals surface area contributed by atoms with Crippen LogP contribution in [0, 0.1) is 0 Å². The maximum atomic E-state index is 11.9. The second-order valence-electron chi connectivity index (χ2n) is 5.98. The van der Waals surface area contributed by atoms with Crippen molar-refractivity contribution in [3.63, 3.8) is 0 Å². The second-order valence-corrected chi connectivity index (χ2v) is 12.0. The van der Waals surface area contributed by atoms with E-state index in [9.17, 15) is 4.79 Å². The SMILES string of the molecule is C[Si](C)(C)CCOCN1C(=O)Cc2cnc(Cl)cc21. The van der Waals surface area contributed by atoms with Crippen LogP contribution >= 0.6 is 11.6 Å². The lowest BCUT2D eigenvalue weighted by molar-refractivity contribution is -0.118. The fourth-order valence-corrected chi connectivity index (χ4v) is 2.81. The van der Waals surface area contributed by atoms with Gasteiger partial charge in [-0.3, -0.25) is 9.69 Å². The average Bonchev–Trinajstić information content (AvgIpc) is 2.59. The summed E-state index contributed by atoms with van der Waals surface area (Å²) >= 11 is 5.87.